The second-order valence-corrected chi connectivity index (χ2v) is 8.25. The molecule has 0 saturated heterocycles. The summed E-state index contributed by atoms with van der Waals surface area (Å²) in [7, 11) is -2.16. The topological polar surface area (TPSA) is 75.7 Å². The first-order valence-electron chi connectivity index (χ1n) is 8.73. The molecule has 2 aromatic carbocycles. The van der Waals surface area contributed by atoms with E-state index in [4.69, 9.17) is 4.74 Å². The molecule has 0 saturated carbocycles. The number of anilines is 1. The highest BCUT2D eigenvalue weighted by atomic mass is 32.2. The van der Waals surface area contributed by atoms with Crippen LogP contribution in [0.5, 0.6) is 5.75 Å². The fraction of sp³-hybridized carbons (Fsp3) is 0.350. The van der Waals surface area contributed by atoms with Gasteiger partial charge < -0.3 is 10.1 Å². The van der Waals surface area contributed by atoms with Crippen LogP contribution >= 0.6 is 0 Å². The number of amides is 1. The zero-order valence-electron chi connectivity index (χ0n) is 16.1. The van der Waals surface area contributed by atoms with Gasteiger partial charge in [0.05, 0.1) is 19.1 Å². The number of benzene rings is 2. The number of ether oxygens (including phenoxy) is 1. The lowest BCUT2D eigenvalue weighted by molar-refractivity contribution is -0.122. The monoisotopic (exact) mass is 390 g/mol. The number of carbonyl (C=O) groups is 1. The second-order valence-electron chi connectivity index (χ2n) is 6.39. The Morgan fingerprint density at radius 2 is 1.85 bits per heavy atom. The van der Waals surface area contributed by atoms with Gasteiger partial charge >= 0.3 is 0 Å². The van der Waals surface area contributed by atoms with Crippen LogP contribution in [0, 0.1) is 6.92 Å². The first kappa shape index (κ1) is 20.8. The van der Waals surface area contributed by atoms with E-state index < -0.39 is 16.1 Å². The number of aryl methyl sites for hydroxylation is 1. The molecular weight excluding hydrogens is 364 g/mol. The lowest BCUT2D eigenvalue weighted by atomic mass is 10.1. The molecule has 27 heavy (non-hydrogen) atoms. The summed E-state index contributed by atoms with van der Waals surface area (Å²) >= 11 is 0. The van der Waals surface area contributed by atoms with Gasteiger partial charge in [0.25, 0.3) is 0 Å². The molecule has 0 aliphatic rings. The van der Waals surface area contributed by atoms with Gasteiger partial charge in [0, 0.05) is 12.6 Å². The molecular formula is C20H26N2O4S. The molecule has 1 amide bonds. The van der Waals surface area contributed by atoms with E-state index in [9.17, 15) is 13.2 Å². The van der Waals surface area contributed by atoms with Gasteiger partial charge in [-0.15, -0.1) is 0 Å². The minimum Gasteiger partial charge on any atom is -0.497 e. The average molecular weight is 391 g/mol. The highest BCUT2D eigenvalue weighted by molar-refractivity contribution is 7.92. The number of carbonyl (C=O) groups excluding carboxylic acids is 1. The van der Waals surface area contributed by atoms with E-state index in [1.54, 1.807) is 31.2 Å². The van der Waals surface area contributed by atoms with Gasteiger partial charge in [-0.05, 0) is 31.0 Å². The van der Waals surface area contributed by atoms with Crippen LogP contribution < -0.4 is 14.4 Å². The van der Waals surface area contributed by atoms with Crippen molar-refractivity contribution in [1.82, 2.24) is 5.32 Å². The first-order valence-corrected chi connectivity index (χ1v) is 10.6. The number of hydrogen-bond donors (Lipinski definition) is 1. The summed E-state index contributed by atoms with van der Waals surface area (Å²) in [4.78, 5) is 12.8. The van der Waals surface area contributed by atoms with Gasteiger partial charge in [-0.1, -0.05) is 42.8 Å². The van der Waals surface area contributed by atoms with Crippen LogP contribution in [0.2, 0.25) is 0 Å². The Hall–Kier alpha value is -2.54. The van der Waals surface area contributed by atoms with E-state index in [2.05, 4.69) is 5.32 Å². The Balaban J connectivity index is 2.25. The maximum absolute atomic E-state index is 12.8. The molecule has 1 atom stereocenters. The van der Waals surface area contributed by atoms with Crippen LogP contribution in [-0.4, -0.2) is 33.7 Å². The summed E-state index contributed by atoms with van der Waals surface area (Å²) in [6, 6.07) is 13.6. The third-order valence-corrected chi connectivity index (χ3v) is 5.40. The average Bonchev–Trinajstić information content (AvgIpc) is 2.64. The van der Waals surface area contributed by atoms with Gasteiger partial charge in [0.15, 0.2) is 0 Å². The molecule has 0 bridgehead atoms. The molecule has 146 valence electrons. The van der Waals surface area contributed by atoms with Gasteiger partial charge in [0.2, 0.25) is 15.9 Å². The van der Waals surface area contributed by atoms with E-state index in [0.29, 0.717) is 24.4 Å². The highest BCUT2D eigenvalue weighted by Crippen LogP contribution is 2.26. The van der Waals surface area contributed by atoms with Gasteiger partial charge in [0.1, 0.15) is 11.8 Å². The fourth-order valence-corrected chi connectivity index (χ4v) is 4.02. The van der Waals surface area contributed by atoms with Crippen molar-refractivity contribution in [1.29, 1.82) is 0 Å². The maximum atomic E-state index is 12.8. The predicted molar refractivity (Wildman–Crippen MR) is 107 cm³/mol. The normalized spacial score (nSPS) is 12.3. The van der Waals surface area contributed by atoms with Crippen LogP contribution in [0.15, 0.2) is 48.5 Å². The minimum absolute atomic E-state index is 0.337. The Morgan fingerprint density at radius 1 is 1.19 bits per heavy atom. The molecule has 1 N–H and O–H groups in total. The lowest BCUT2D eigenvalue weighted by Gasteiger charge is -2.30. The van der Waals surface area contributed by atoms with Crippen LogP contribution in [0.1, 0.15) is 24.5 Å². The van der Waals surface area contributed by atoms with Crippen molar-refractivity contribution in [3.8, 4) is 5.75 Å². The Kier molecular flexibility index (Phi) is 6.85. The van der Waals surface area contributed by atoms with E-state index in [0.717, 1.165) is 21.7 Å². The van der Waals surface area contributed by atoms with Crippen LogP contribution in [0.4, 0.5) is 5.69 Å². The molecule has 0 aliphatic heterocycles. The Bertz CT molecular complexity index is 879. The number of hydrogen-bond acceptors (Lipinski definition) is 4. The minimum atomic E-state index is -3.67. The van der Waals surface area contributed by atoms with Crippen molar-refractivity contribution in [2.24, 2.45) is 0 Å². The van der Waals surface area contributed by atoms with Crippen molar-refractivity contribution in [3.63, 3.8) is 0 Å². The van der Waals surface area contributed by atoms with Gasteiger partial charge in [-0.25, -0.2) is 8.42 Å². The number of methoxy groups -OCH3 is 1. The van der Waals surface area contributed by atoms with Gasteiger partial charge in [-0.2, -0.15) is 0 Å². The van der Waals surface area contributed by atoms with Crippen molar-refractivity contribution in [3.05, 3.63) is 59.7 Å². The van der Waals surface area contributed by atoms with Crippen molar-refractivity contribution in [2.45, 2.75) is 32.9 Å². The summed E-state index contributed by atoms with van der Waals surface area (Å²) in [6.07, 6.45) is 1.44. The summed E-state index contributed by atoms with van der Waals surface area (Å²) < 4.78 is 31.2. The van der Waals surface area contributed by atoms with E-state index in [1.165, 1.54) is 7.11 Å². The van der Waals surface area contributed by atoms with Crippen molar-refractivity contribution < 1.29 is 17.9 Å². The number of nitrogens with zero attached hydrogens (tertiary/aromatic N) is 1. The molecule has 0 radical (unpaired) electrons. The van der Waals surface area contributed by atoms with Crippen LogP contribution in [0.25, 0.3) is 0 Å². The SMILES string of the molecule is CC[C@H](C(=O)NCc1ccc(C)cc1)N(c1cccc(OC)c1)S(C)(=O)=O. The Morgan fingerprint density at radius 3 is 2.41 bits per heavy atom. The first-order chi connectivity index (χ1) is 12.8. The smallest absolute Gasteiger partial charge is 0.244 e. The zero-order chi connectivity index (χ0) is 20.0. The third kappa shape index (κ3) is 5.47. The standard InChI is InChI=1S/C20H26N2O4S/c1-5-19(20(23)21-14-16-11-9-15(2)10-12-16)22(27(4,24)25)17-7-6-8-18(13-17)26-3/h6-13,19H,5,14H2,1-4H3,(H,21,23)/t19-/m1/s1. The summed E-state index contributed by atoms with van der Waals surface area (Å²) in [5, 5.41) is 2.84. The fourth-order valence-electron chi connectivity index (χ4n) is 2.82. The summed E-state index contributed by atoms with van der Waals surface area (Å²) in [6.45, 7) is 4.12. The largest absolute Gasteiger partial charge is 0.497 e. The van der Waals surface area contributed by atoms with E-state index in [-0.39, 0.29) is 5.91 Å². The molecule has 0 unspecified atom stereocenters. The second kappa shape index (κ2) is 8.90. The number of rotatable bonds is 8. The maximum Gasteiger partial charge on any atom is 0.244 e. The molecule has 0 heterocycles. The zero-order valence-corrected chi connectivity index (χ0v) is 16.9. The molecule has 6 nitrogen and oxygen atoms in total. The summed E-state index contributed by atoms with van der Waals surface area (Å²) in [5.41, 5.74) is 2.49. The quantitative estimate of drug-likeness (QED) is 0.752. The molecule has 2 rings (SSSR count). The predicted octanol–water partition coefficient (Wildman–Crippen LogP) is 2.86. The van der Waals surface area contributed by atoms with Crippen LogP contribution in [-0.2, 0) is 21.4 Å². The number of sulfonamides is 1. The molecule has 2 aromatic rings. The molecule has 0 aromatic heterocycles. The van der Waals surface area contributed by atoms with Crippen molar-refractivity contribution >= 4 is 21.6 Å². The molecule has 0 spiro atoms. The highest BCUT2D eigenvalue weighted by Gasteiger charge is 2.31. The van der Waals surface area contributed by atoms with Crippen molar-refractivity contribution in [2.75, 3.05) is 17.7 Å². The van der Waals surface area contributed by atoms with E-state index in [1.807, 2.05) is 31.2 Å². The molecule has 7 heteroatoms. The molecule has 0 aliphatic carbocycles. The van der Waals surface area contributed by atoms with E-state index >= 15 is 0 Å². The number of nitrogens with one attached hydrogen (secondary N) is 1. The van der Waals surface area contributed by atoms with Crippen LogP contribution in [0.3, 0.4) is 0 Å². The summed E-state index contributed by atoms with van der Waals surface area (Å²) in [5.74, 6) is 0.183. The van der Waals surface area contributed by atoms with Gasteiger partial charge in [-0.3, -0.25) is 9.10 Å². The lowest BCUT2D eigenvalue weighted by Crippen LogP contribution is -2.49. The Labute approximate surface area is 161 Å². The third-order valence-electron chi connectivity index (χ3n) is 4.22. The molecule has 0 fully saturated rings.